The molecule has 1 saturated carbocycles. The first kappa shape index (κ1) is 14.9. The molecule has 1 aliphatic carbocycles. The molecule has 9 heteroatoms. The van der Waals surface area contributed by atoms with E-state index < -0.39 is 10.0 Å². The van der Waals surface area contributed by atoms with Crippen LogP contribution in [0, 0.1) is 0 Å². The Kier molecular flexibility index (Phi) is 3.00. The van der Waals surface area contributed by atoms with Crippen molar-refractivity contribution < 1.29 is 8.42 Å². The van der Waals surface area contributed by atoms with Crippen LogP contribution in [0.2, 0.25) is 0 Å². The monoisotopic (exact) mass is 396 g/mol. The van der Waals surface area contributed by atoms with E-state index >= 15 is 0 Å². The number of nitrogens with zero attached hydrogens (tertiary/aromatic N) is 2. The van der Waals surface area contributed by atoms with E-state index in [-0.39, 0.29) is 21.4 Å². The molecular weight excluding hydrogens is 384 g/mol. The lowest BCUT2D eigenvalue weighted by Gasteiger charge is -2.13. The summed E-state index contributed by atoms with van der Waals surface area (Å²) in [4.78, 5) is 15.0. The second-order valence-electron chi connectivity index (χ2n) is 6.05. The predicted octanol–water partition coefficient (Wildman–Crippen LogP) is 1.77. The van der Waals surface area contributed by atoms with E-state index in [9.17, 15) is 13.2 Å². The normalized spacial score (nSPS) is 17.0. The highest BCUT2D eigenvalue weighted by molar-refractivity contribution is 9.10. The topological polar surface area (TPSA) is 96.3 Å². The van der Waals surface area contributed by atoms with Gasteiger partial charge in [0.05, 0.1) is 22.0 Å². The van der Waals surface area contributed by atoms with E-state index in [0.29, 0.717) is 15.6 Å². The summed E-state index contributed by atoms with van der Waals surface area (Å²) in [6.07, 6.45) is 3.20. The van der Waals surface area contributed by atoms with Gasteiger partial charge in [0.25, 0.3) is 5.56 Å². The van der Waals surface area contributed by atoms with Gasteiger partial charge in [0.15, 0.2) is 0 Å². The summed E-state index contributed by atoms with van der Waals surface area (Å²) >= 11 is 3.37. The second-order valence-corrected chi connectivity index (χ2v) is 8.59. The number of benzene rings is 1. The Morgan fingerprint density at radius 2 is 2.13 bits per heavy atom. The molecule has 23 heavy (non-hydrogen) atoms. The molecule has 1 aliphatic rings. The van der Waals surface area contributed by atoms with Crippen molar-refractivity contribution in [1.29, 1.82) is 0 Å². The summed E-state index contributed by atoms with van der Waals surface area (Å²) < 4.78 is 29.8. The number of aromatic amines is 1. The SMILES string of the molecule is CC1(NS(=O)(=O)c2cc(Br)c3c(c2)c(=O)[nH]c2ccnn23)CC1. The molecule has 0 unspecified atom stereocenters. The van der Waals surface area contributed by atoms with Gasteiger partial charge in [-0.05, 0) is 47.8 Å². The Bertz CT molecular complexity index is 1110. The van der Waals surface area contributed by atoms with Crippen LogP contribution in [0.25, 0.3) is 16.6 Å². The van der Waals surface area contributed by atoms with Crippen LogP contribution >= 0.6 is 15.9 Å². The lowest BCUT2D eigenvalue weighted by Crippen LogP contribution is -2.34. The van der Waals surface area contributed by atoms with E-state index in [0.717, 1.165) is 12.8 Å². The van der Waals surface area contributed by atoms with Crippen LogP contribution in [0.3, 0.4) is 0 Å². The van der Waals surface area contributed by atoms with E-state index in [1.54, 1.807) is 16.8 Å². The molecule has 1 aromatic carbocycles. The molecule has 0 radical (unpaired) electrons. The fourth-order valence-electron chi connectivity index (χ4n) is 2.55. The van der Waals surface area contributed by atoms with Gasteiger partial charge in [-0.1, -0.05) is 0 Å². The third-order valence-corrected chi connectivity index (χ3v) is 6.29. The Labute approximate surface area is 139 Å². The van der Waals surface area contributed by atoms with Crippen molar-refractivity contribution in [2.75, 3.05) is 0 Å². The van der Waals surface area contributed by atoms with E-state index in [4.69, 9.17) is 0 Å². The van der Waals surface area contributed by atoms with Crippen LogP contribution < -0.4 is 10.3 Å². The molecule has 0 spiro atoms. The van der Waals surface area contributed by atoms with E-state index in [1.807, 2.05) is 6.92 Å². The fourth-order valence-corrected chi connectivity index (χ4v) is 4.85. The molecule has 3 aromatic rings. The average Bonchev–Trinajstić information content (AvgIpc) is 2.99. The van der Waals surface area contributed by atoms with Crippen LogP contribution in [0.4, 0.5) is 0 Å². The molecule has 7 nitrogen and oxygen atoms in total. The van der Waals surface area contributed by atoms with Crippen molar-refractivity contribution in [3.8, 4) is 0 Å². The van der Waals surface area contributed by atoms with Crippen molar-refractivity contribution in [2.24, 2.45) is 0 Å². The zero-order valence-corrected chi connectivity index (χ0v) is 14.5. The Balaban J connectivity index is 1.99. The fraction of sp³-hybridized carbons (Fsp3) is 0.286. The lowest BCUT2D eigenvalue weighted by molar-refractivity contribution is 0.558. The quantitative estimate of drug-likeness (QED) is 0.704. The Morgan fingerprint density at radius 3 is 2.83 bits per heavy atom. The molecule has 0 saturated heterocycles. The summed E-state index contributed by atoms with van der Waals surface area (Å²) in [7, 11) is -3.69. The van der Waals surface area contributed by atoms with Crippen LogP contribution in [0.5, 0.6) is 0 Å². The molecule has 0 aliphatic heterocycles. The standard InChI is InChI=1S/C14H13BrN4O3S/c1-14(3-4-14)18-23(21,22)8-6-9-12(10(15)7-8)19-11(2-5-16-19)17-13(9)20/h2,5-7,18H,3-4H2,1H3,(H,17,20). The van der Waals surface area contributed by atoms with Gasteiger partial charge in [0.2, 0.25) is 10.0 Å². The maximum atomic E-state index is 12.5. The van der Waals surface area contributed by atoms with Crippen LogP contribution in [0.1, 0.15) is 19.8 Å². The first-order valence-electron chi connectivity index (χ1n) is 7.02. The van der Waals surface area contributed by atoms with Gasteiger partial charge in [-0.2, -0.15) is 5.10 Å². The number of sulfonamides is 1. The van der Waals surface area contributed by atoms with Gasteiger partial charge >= 0.3 is 0 Å². The number of halogens is 1. The molecule has 2 aromatic heterocycles. The summed E-state index contributed by atoms with van der Waals surface area (Å²) in [6.45, 7) is 1.86. The van der Waals surface area contributed by atoms with Crippen molar-refractivity contribution in [1.82, 2.24) is 19.3 Å². The van der Waals surface area contributed by atoms with Gasteiger partial charge in [-0.25, -0.2) is 17.7 Å². The van der Waals surface area contributed by atoms with Gasteiger partial charge in [-0.15, -0.1) is 0 Å². The zero-order valence-electron chi connectivity index (χ0n) is 12.1. The van der Waals surface area contributed by atoms with Gasteiger partial charge in [0.1, 0.15) is 5.65 Å². The highest BCUT2D eigenvalue weighted by atomic mass is 79.9. The van der Waals surface area contributed by atoms with Gasteiger partial charge < -0.3 is 4.98 Å². The predicted molar refractivity (Wildman–Crippen MR) is 89.0 cm³/mol. The number of nitrogens with one attached hydrogen (secondary N) is 2. The summed E-state index contributed by atoms with van der Waals surface area (Å²) in [5, 5.41) is 4.42. The maximum absolute atomic E-state index is 12.5. The van der Waals surface area contributed by atoms with E-state index in [1.165, 1.54) is 12.1 Å². The molecule has 1 fully saturated rings. The summed E-state index contributed by atoms with van der Waals surface area (Å²) in [5.41, 5.74) is 0.342. The lowest BCUT2D eigenvalue weighted by atomic mass is 10.2. The van der Waals surface area contributed by atoms with Crippen LogP contribution in [-0.4, -0.2) is 28.6 Å². The van der Waals surface area contributed by atoms with Crippen molar-refractivity contribution in [2.45, 2.75) is 30.2 Å². The van der Waals surface area contributed by atoms with E-state index in [2.05, 4.69) is 30.7 Å². The Hall–Kier alpha value is -1.71. The third-order valence-electron chi connectivity index (χ3n) is 4.07. The van der Waals surface area contributed by atoms with Crippen molar-refractivity contribution in [3.05, 3.63) is 39.2 Å². The minimum absolute atomic E-state index is 0.0574. The van der Waals surface area contributed by atoms with Gasteiger partial charge in [-0.3, -0.25) is 4.79 Å². The highest BCUT2D eigenvalue weighted by Crippen LogP contribution is 2.36. The molecule has 2 N–H and O–H groups in total. The van der Waals surface area contributed by atoms with Crippen molar-refractivity contribution >= 4 is 42.5 Å². The molecule has 2 heterocycles. The zero-order chi connectivity index (χ0) is 16.4. The highest BCUT2D eigenvalue weighted by Gasteiger charge is 2.41. The number of rotatable bonds is 3. The first-order chi connectivity index (χ1) is 10.8. The first-order valence-corrected chi connectivity index (χ1v) is 9.30. The average molecular weight is 397 g/mol. The molecule has 0 amide bonds. The minimum Gasteiger partial charge on any atom is -0.306 e. The molecular formula is C14H13BrN4O3S. The smallest absolute Gasteiger partial charge is 0.259 e. The largest absolute Gasteiger partial charge is 0.306 e. The van der Waals surface area contributed by atoms with Crippen LogP contribution in [-0.2, 0) is 10.0 Å². The molecule has 120 valence electrons. The molecule has 0 bridgehead atoms. The number of hydrogen-bond acceptors (Lipinski definition) is 4. The van der Waals surface area contributed by atoms with Gasteiger partial charge in [0, 0.05) is 16.1 Å². The minimum atomic E-state index is -3.69. The molecule has 4 rings (SSSR count). The number of aromatic nitrogens is 3. The Morgan fingerprint density at radius 1 is 1.39 bits per heavy atom. The summed E-state index contributed by atoms with van der Waals surface area (Å²) in [5.74, 6) is 0. The number of H-pyrrole nitrogens is 1. The second kappa shape index (κ2) is 4.65. The summed E-state index contributed by atoms with van der Waals surface area (Å²) in [6, 6.07) is 4.55. The van der Waals surface area contributed by atoms with Crippen LogP contribution in [0.15, 0.2) is 38.6 Å². The number of hydrogen-bond donors (Lipinski definition) is 2. The van der Waals surface area contributed by atoms with Crippen molar-refractivity contribution in [3.63, 3.8) is 0 Å². The maximum Gasteiger partial charge on any atom is 0.259 e. The number of fused-ring (bicyclic) bond motifs is 3. The molecule has 0 atom stereocenters. The third kappa shape index (κ3) is 2.39.